The van der Waals surface area contributed by atoms with Gasteiger partial charge in [-0.15, -0.1) is 0 Å². The van der Waals surface area contributed by atoms with E-state index in [1.807, 2.05) is 6.92 Å². The summed E-state index contributed by atoms with van der Waals surface area (Å²) in [6.07, 6.45) is 2.99. The molecule has 4 rings (SSSR count). The van der Waals surface area contributed by atoms with Crippen molar-refractivity contribution in [1.82, 2.24) is 0 Å². The van der Waals surface area contributed by atoms with Gasteiger partial charge in [-0.2, -0.15) is 0 Å². The highest BCUT2D eigenvalue weighted by Gasteiger charge is 2.14. The van der Waals surface area contributed by atoms with E-state index in [2.05, 4.69) is 120 Å². The Hall–Kier alpha value is -3.10. The van der Waals surface area contributed by atoms with E-state index < -0.39 is 0 Å². The lowest BCUT2D eigenvalue weighted by atomic mass is 9.94. The summed E-state index contributed by atoms with van der Waals surface area (Å²) in [6, 6.07) is 31.0. The van der Waals surface area contributed by atoms with E-state index in [1.54, 1.807) is 0 Å². The van der Waals surface area contributed by atoms with Gasteiger partial charge >= 0.3 is 0 Å². The van der Waals surface area contributed by atoms with Crippen molar-refractivity contribution < 1.29 is 0 Å². The number of nitrogens with zero attached hydrogens (tertiary/aromatic N) is 1. The number of fused-ring (bicyclic) bond motifs is 1. The Kier molecular flexibility index (Phi) is 10.1. The zero-order chi connectivity index (χ0) is 26.1. The maximum Gasteiger partial charge on any atom is 0.0725 e. The summed E-state index contributed by atoms with van der Waals surface area (Å²) in [4.78, 5) is 6.45. The summed E-state index contributed by atoms with van der Waals surface area (Å²) in [6.45, 7) is 12.7. The zero-order valence-corrected chi connectivity index (χ0v) is 23.5. The standard InChI is InChI=1S/C30H31N.C4H8S/c1-5-28(20-24-14-17-25-8-6-7-9-27(25)19-24)31-30(26-15-11-21(2)12-16-26)29-18-22(3)10-13-23(29)4;1-3-4(2)5/h6-19,28H,5,20H2,1-4H3;3H2,1-2H3. The number of aryl methyl sites for hydroxylation is 3. The Labute approximate surface area is 223 Å². The summed E-state index contributed by atoms with van der Waals surface area (Å²) in [5.74, 6) is 0. The van der Waals surface area contributed by atoms with Crippen molar-refractivity contribution in [3.05, 3.63) is 118 Å². The van der Waals surface area contributed by atoms with Crippen LogP contribution in [0.1, 0.15) is 67.0 Å². The summed E-state index contributed by atoms with van der Waals surface area (Å²) in [7, 11) is 0. The van der Waals surface area contributed by atoms with Gasteiger partial charge in [0.05, 0.1) is 11.8 Å². The van der Waals surface area contributed by atoms with Crippen LogP contribution in [0.4, 0.5) is 0 Å². The van der Waals surface area contributed by atoms with E-state index in [0.717, 1.165) is 29.8 Å². The number of benzene rings is 4. The minimum Gasteiger partial charge on any atom is -0.280 e. The Balaban J connectivity index is 0.000000658. The maximum atomic E-state index is 5.36. The molecule has 0 spiro atoms. The van der Waals surface area contributed by atoms with Crippen LogP contribution in [0.3, 0.4) is 0 Å². The Bertz CT molecular complexity index is 1330. The van der Waals surface area contributed by atoms with Crippen molar-refractivity contribution in [2.45, 2.75) is 66.8 Å². The topological polar surface area (TPSA) is 12.4 Å². The molecule has 2 heteroatoms. The first kappa shape index (κ1) is 27.5. The highest BCUT2D eigenvalue weighted by atomic mass is 32.1. The molecular weight excluding hydrogens is 454 g/mol. The van der Waals surface area contributed by atoms with Gasteiger partial charge in [0.25, 0.3) is 0 Å². The summed E-state index contributed by atoms with van der Waals surface area (Å²) in [5.41, 5.74) is 8.69. The van der Waals surface area contributed by atoms with Crippen LogP contribution in [0.5, 0.6) is 0 Å². The minimum absolute atomic E-state index is 0.234. The van der Waals surface area contributed by atoms with Gasteiger partial charge in [-0.25, -0.2) is 0 Å². The number of thiocarbonyl (C=S) groups is 1. The van der Waals surface area contributed by atoms with Gasteiger partial charge in [0.15, 0.2) is 0 Å². The van der Waals surface area contributed by atoms with Gasteiger partial charge in [-0.05, 0) is 79.8 Å². The molecule has 0 saturated heterocycles. The molecule has 1 unspecified atom stereocenters. The largest absolute Gasteiger partial charge is 0.280 e. The molecule has 186 valence electrons. The summed E-state index contributed by atoms with van der Waals surface area (Å²) < 4.78 is 0. The number of rotatable bonds is 7. The SMILES string of the molecule is CCC(C)=S.CCC(Cc1ccc2ccccc2c1)N=C(c1ccc(C)cc1)c1cc(C)ccc1C. The van der Waals surface area contributed by atoms with Crippen LogP contribution in [0.15, 0.2) is 89.9 Å². The van der Waals surface area contributed by atoms with Crippen molar-refractivity contribution in [3.63, 3.8) is 0 Å². The van der Waals surface area contributed by atoms with Crippen LogP contribution >= 0.6 is 12.2 Å². The molecular formula is C34H39NS. The highest BCUT2D eigenvalue weighted by Crippen LogP contribution is 2.22. The molecule has 4 aromatic rings. The first-order valence-corrected chi connectivity index (χ1v) is 13.4. The van der Waals surface area contributed by atoms with Crippen molar-refractivity contribution in [2.75, 3.05) is 0 Å². The lowest BCUT2D eigenvalue weighted by molar-refractivity contribution is 0.650. The normalized spacial score (nSPS) is 12.1. The average Bonchev–Trinajstić information content (AvgIpc) is 2.89. The molecule has 0 aliphatic heterocycles. The van der Waals surface area contributed by atoms with E-state index in [0.29, 0.717) is 0 Å². The molecule has 0 bridgehead atoms. The van der Waals surface area contributed by atoms with Crippen LogP contribution in [0.2, 0.25) is 0 Å². The van der Waals surface area contributed by atoms with Gasteiger partial charge in [-0.3, -0.25) is 4.99 Å². The maximum absolute atomic E-state index is 5.36. The van der Waals surface area contributed by atoms with Gasteiger partial charge < -0.3 is 0 Å². The second kappa shape index (κ2) is 13.3. The number of aliphatic imine (C=N–C) groups is 1. The van der Waals surface area contributed by atoms with Crippen LogP contribution < -0.4 is 0 Å². The van der Waals surface area contributed by atoms with Gasteiger partial charge in [0.1, 0.15) is 0 Å². The van der Waals surface area contributed by atoms with E-state index >= 15 is 0 Å². The van der Waals surface area contributed by atoms with Gasteiger partial charge in [0, 0.05) is 11.1 Å². The van der Waals surface area contributed by atoms with Crippen LogP contribution in [0.25, 0.3) is 10.8 Å². The molecule has 1 atom stereocenters. The third kappa shape index (κ3) is 7.70. The highest BCUT2D eigenvalue weighted by molar-refractivity contribution is 7.80. The fraction of sp³-hybridized carbons (Fsp3) is 0.294. The quantitative estimate of drug-likeness (QED) is 0.184. The van der Waals surface area contributed by atoms with Crippen LogP contribution in [-0.4, -0.2) is 16.6 Å². The summed E-state index contributed by atoms with van der Waals surface area (Å²) in [5, 5.41) is 2.59. The Morgan fingerprint density at radius 1 is 0.778 bits per heavy atom. The molecule has 0 fully saturated rings. The zero-order valence-electron chi connectivity index (χ0n) is 22.6. The molecule has 0 aliphatic carbocycles. The van der Waals surface area contributed by atoms with Crippen molar-refractivity contribution in [3.8, 4) is 0 Å². The molecule has 0 N–H and O–H groups in total. The fourth-order valence-corrected chi connectivity index (χ4v) is 4.10. The fourth-order valence-electron chi connectivity index (χ4n) is 4.10. The monoisotopic (exact) mass is 493 g/mol. The van der Waals surface area contributed by atoms with E-state index in [9.17, 15) is 0 Å². The Morgan fingerprint density at radius 2 is 1.42 bits per heavy atom. The second-order valence-corrected chi connectivity index (χ2v) is 10.4. The first-order chi connectivity index (χ1) is 17.3. The number of hydrogen-bond acceptors (Lipinski definition) is 2. The number of hydrogen-bond donors (Lipinski definition) is 0. The molecule has 0 saturated carbocycles. The van der Waals surface area contributed by atoms with Gasteiger partial charge in [0.2, 0.25) is 0 Å². The van der Waals surface area contributed by atoms with Crippen LogP contribution in [0, 0.1) is 20.8 Å². The van der Waals surface area contributed by atoms with Crippen molar-refractivity contribution in [1.29, 1.82) is 0 Å². The molecule has 0 radical (unpaired) electrons. The summed E-state index contributed by atoms with van der Waals surface area (Å²) >= 11 is 4.70. The average molecular weight is 494 g/mol. The van der Waals surface area contributed by atoms with E-state index in [-0.39, 0.29) is 6.04 Å². The molecule has 0 heterocycles. The lowest BCUT2D eigenvalue weighted by Crippen LogP contribution is -2.14. The lowest BCUT2D eigenvalue weighted by Gasteiger charge is -2.17. The van der Waals surface area contributed by atoms with Crippen molar-refractivity contribution in [2.24, 2.45) is 4.99 Å². The smallest absolute Gasteiger partial charge is 0.0725 e. The third-order valence-electron chi connectivity index (χ3n) is 6.54. The molecule has 36 heavy (non-hydrogen) atoms. The molecule has 0 aliphatic rings. The first-order valence-electron chi connectivity index (χ1n) is 13.0. The second-order valence-electron chi connectivity index (χ2n) is 9.67. The predicted octanol–water partition coefficient (Wildman–Crippen LogP) is 9.41. The van der Waals surface area contributed by atoms with E-state index in [4.69, 9.17) is 17.2 Å². The minimum atomic E-state index is 0.234. The van der Waals surface area contributed by atoms with Gasteiger partial charge in [-0.1, -0.05) is 116 Å². The molecule has 0 aromatic heterocycles. The third-order valence-corrected chi connectivity index (χ3v) is 6.83. The molecule has 0 amide bonds. The van der Waals surface area contributed by atoms with E-state index in [1.165, 1.54) is 44.2 Å². The molecule has 1 nitrogen and oxygen atoms in total. The Morgan fingerprint density at radius 3 is 2.06 bits per heavy atom. The predicted molar refractivity (Wildman–Crippen MR) is 163 cm³/mol. The van der Waals surface area contributed by atoms with Crippen LogP contribution in [-0.2, 0) is 6.42 Å². The molecule has 4 aromatic carbocycles. The van der Waals surface area contributed by atoms with Crippen molar-refractivity contribution >= 4 is 33.6 Å².